The Morgan fingerprint density at radius 1 is 1.21 bits per heavy atom. The summed E-state index contributed by atoms with van der Waals surface area (Å²) in [7, 11) is 0. The second-order valence-corrected chi connectivity index (χ2v) is 4.15. The molecule has 0 aromatic heterocycles. The summed E-state index contributed by atoms with van der Waals surface area (Å²) in [5.74, 6) is 0. The second kappa shape index (κ2) is 5.30. The van der Waals surface area contributed by atoms with Crippen LogP contribution in [0.3, 0.4) is 0 Å². The summed E-state index contributed by atoms with van der Waals surface area (Å²) in [6.45, 7) is 1.94. The van der Waals surface area contributed by atoms with Gasteiger partial charge in [0.1, 0.15) is 12.0 Å². The van der Waals surface area contributed by atoms with Gasteiger partial charge in [0, 0.05) is 17.3 Å². The van der Waals surface area contributed by atoms with Crippen molar-refractivity contribution in [2.24, 2.45) is 0 Å². The van der Waals surface area contributed by atoms with Crippen molar-refractivity contribution in [2.45, 2.75) is 6.92 Å². The van der Waals surface area contributed by atoms with Gasteiger partial charge in [-0.15, -0.1) is 0 Å². The highest BCUT2D eigenvalue weighted by Gasteiger charge is 2.14. The van der Waals surface area contributed by atoms with Crippen molar-refractivity contribution in [3.8, 4) is 0 Å². The molecular weight excluding hydrogens is 244 g/mol. The van der Waals surface area contributed by atoms with E-state index in [0.29, 0.717) is 12.0 Å². The zero-order chi connectivity index (χ0) is 13.8. The lowest BCUT2D eigenvalue weighted by molar-refractivity contribution is -0.383. The summed E-state index contributed by atoms with van der Waals surface area (Å²) in [6.07, 6.45) is 0.587. The highest BCUT2D eigenvalue weighted by Crippen LogP contribution is 2.28. The molecule has 0 bridgehead atoms. The molecule has 2 aromatic rings. The fourth-order valence-corrected chi connectivity index (χ4v) is 1.76. The van der Waals surface area contributed by atoms with Gasteiger partial charge in [-0.05, 0) is 36.8 Å². The van der Waals surface area contributed by atoms with Gasteiger partial charge in [0.05, 0.1) is 4.92 Å². The number of carbonyl (C=O) groups is 1. The van der Waals surface area contributed by atoms with Crippen LogP contribution in [0.1, 0.15) is 15.9 Å². The molecule has 0 atom stereocenters. The van der Waals surface area contributed by atoms with E-state index < -0.39 is 4.92 Å². The Labute approximate surface area is 110 Å². The molecule has 0 unspecified atom stereocenters. The van der Waals surface area contributed by atoms with Crippen LogP contribution in [-0.4, -0.2) is 11.2 Å². The van der Waals surface area contributed by atoms with E-state index in [4.69, 9.17) is 0 Å². The van der Waals surface area contributed by atoms with E-state index in [9.17, 15) is 14.9 Å². The van der Waals surface area contributed by atoms with E-state index in [-0.39, 0.29) is 11.3 Å². The average Bonchev–Trinajstić information content (AvgIpc) is 2.39. The number of nitro benzene ring substituents is 1. The summed E-state index contributed by atoms with van der Waals surface area (Å²) >= 11 is 0. The molecule has 2 rings (SSSR count). The van der Waals surface area contributed by atoms with Gasteiger partial charge in [-0.1, -0.05) is 12.1 Å². The smallest absolute Gasteiger partial charge is 0.293 e. The largest absolute Gasteiger partial charge is 0.350 e. The maximum Gasteiger partial charge on any atom is 0.293 e. The van der Waals surface area contributed by atoms with E-state index in [1.165, 1.54) is 18.2 Å². The van der Waals surface area contributed by atoms with Crippen LogP contribution in [0, 0.1) is 17.0 Å². The quantitative estimate of drug-likeness (QED) is 0.516. The molecule has 0 spiro atoms. The molecule has 0 saturated heterocycles. The molecule has 96 valence electrons. The predicted molar refractivity (Wildman–Crippen MR) is 72.9 cm³/mol. The third-order valence-corrected chi connectivity index (χ3v) is 2.65. The first-order valence-corrected chi connectivity index (χ1v) is 5.67. The molecule has 0 fully saturated rings. The van der Waals surface area contributed by atoms with E-state index in [2.05, 4.69) is 5.32 Å². The molecule has 0 aliphatic rings. The van der Waals surface area contributed by atoms with Gasteiger partial charge in [-0.3, -0.25) is 14.9 Å². The third kappa shape index (κ3) is 2.95. The van der Waals surface area contributed by atoms with Crippen LogP contribution < -0.4 is 5.32 Å². The Bertz CT molecular complexity index is 638. The van der Waals surface area contributed by atoms with Crippen molar-refractivity contribution in [1.29, 1.82) is 0 Å². The molecule has 1 N–H and O–H groups in total. The van der Waals surface area contributed by atoms with Gasteiger partial charge in [0.15, 0.2) is 0 Å². The molecule has 0 saturated carbocycles. The van der Waals surface area contributed by atoms with Crippen molar-refractivity contribution < 1.29 is 9.72 Å². The molecular formula is C14H12N2O3. The third-order valence-electron chi connectivity index (χ3n) is 2.65. The van der Waals surface area contributed by atoms with Crippen molar-refractivity contribution >= 4 is 23.3 Å². The summed E-state index contributed by atoms with van der Waals surface area (Å²) in [5.41, 5.74) is 2.34. The molecule has 0 heterocycles. The highest BCUT2D eigenvalue weighted by molar-refractivity contribution is 5.80. The van der Waals surface area contributed by atoms with Crippen LogP contribution in [0.15, 0.2) is 42.5 Å². The summed E-state index contributed by atoms with van der Waals surface area (Å²) in [5, 5.41) is 14.0. The van der Waals surface area contributed by atoms with Crippen molar-refractivity contribution in [2.75, 3.05) is 5.32 Å². The number of anilines is 2. The molecule has 5 heteroatoms. The monoisotopic (exact) mass is 256 g/mol. The predicted octanol–water partition coefficient (Wildman–Crippen LogP) is 3.46. The summed E-state index contributed by atoms with van der Waals surface area (Å²) < 4.78 is 0. The normalized spacial score (nSPS) is 9.95. The van der Waals surface area contributed by atoms with Gasteiger partial charge in [0.2, 0.25) is 0 Å². The van der Waals surface area contributed by atoms with Crippen LogP contribution >= 0.6 is 0 Å². The van der Waals surface area contributed by atoms with E-state index in [0.717, 1.165) is 11.3 Å². The number of aryl methyl sites for hydroxylation is 1. The fourth-order valence-electron chi connectivity index (χ4n) is 1.76. The Balaban J connectivity index is 2.39. The maximum absolute atomic E-state index is 11.0. The number of hydrogen-bond acceptors (Lipinski definition) is 4. The Morgan fingerprint density at radius 2 is 2.00 bits per heavy atom. The standard InChI is InChI=1S/C14H12N2O3/c1-10-3-2-4-12(7-10)15-13-6-5-11(9-17)8-14(13)16(18)19/h2-9,15H,1H3. The molecule has 0 aliphatic carbocycles. The maximum atomic E-state index is 11.0. The van der Waals surface area contributed by atoms with Gasteiger partial charge >= 0.3 is 0 Å². The van der Waals surface area contributed by atoms with E-state index >= 15 is 0 Å². The van der Waals surface area contributed by atoms with Crippen LogP contribution in [-0.2, 0) is 0 Å². The van der Waals surface area contributed by atoms with Crippen LogP contribution in [0.2, 0.25) is 0 Å². The minimum absolute atomic E-state index is 0.119. The number of aldehydes is 1. The number of nitrogens with zero attached hydrogens (tertiary/aromatic N) is 1. The van der Waals surface area contributed by atoms with Crippen LogP contribution in [0.5, 0.6) is 0 Å². The first-order valence-electron chi connectivity index (χ1n) is 5.67. The minimum atomic E-state index is -0.509. The molecule has 0 radical (unpaired) electrons. The van der Waals surface area contributed by atoms with E-state index in [1.54, 1.807) is 0 Å². The van der Waals surface area contributed by atoms with Gasteiger partial charge in [-0.2, -0.15) is 0 Å². The lowest BCUT2D eigenvalue weighted by Gasteiger charge is -2.08. The average molecular weight is 256 g/mol. The van der Waals surface area contributed by atoms with Crippen LogP contribution in [0.4, 0.5) is 17.1 Å². The van der Waals surface area contributed by atoms with Crippen molar-refractivity contribution in [3.05, 3.63) is 63.7 Å². The van der Waals surface area contributed by atoms with E-state index in [1.807, 2.05) is 31.2 Å². The van der Waals surface area contributed by atoms with Gasteiger partial charge in [0.25, 0.3) is 5.69 Å². The first kappa shape index (κ1) is 12.8. The first-order chi connectivity index (χ1) is 9.10. The number of nitro groups is 1. The number of rotatable bonds is 4. The summed E-state index contributed by atoms with van der Waals surface area (Å²) in [6, 6.07) is 11.8. The van der Waals surface area contributed by atoms with Crippen LogP contribution in [0.25, 0.3) is 0 Å². The zero-order valence-electron chi connectivity index (χ0n) is 10.3. The number of benzene rings is 2. The Morgan fingerprint density at radius 3 is 2.63 bits per heavy atom. The van der Waals surface area contributed by atoms with Crippen molar-refractivity contribution in [3.63, 3.8) is 0 Å². The SMILES string of the molecule is Cc1cccc(Nc2ccc(C=O)cc2[N+](=O)[O-])c1. The molecule has 0 amide bonds. The van der Waals surface area contributed by atoms with Gasteiger partial charge < -0.3 is 5.32 Å². The second-order valence-electron chi connectivity index (χ2n) is 4.15. The fraction of sp³-hybridized carbons (Fsp3) is 0.0714. The minimum Gasteiger partial charge on any atom is -0.350 e. The van der Waals surface area contributed by atoms with Crippen molar-refractivity contribution in [1.82, 2.24) is 0 Å². The molecule has 19 heavy (non-hydrogen) atoms. The lowest BCUT2D eigenvalue weighted by atomic mass is 10.1. The number of hydrogen-bond donors (Lipinski definition) is 1. The molecule has 0 aliphatic heterocycles. The lowest BCUT2D eigenvalue weighted by Crippen LogP contribution is -1.98. The Kier molecular flexibility index (Phi) is 3.56. The number of carbonyl (C=O) groups excluding carboxylic acids is 1. The zero-order valence-corrected chi connectivity index (χ0v) is 10.3. The van der Waals surface area contributed by atoms with Gasteiger partial charge in [-0.25, -0.2) is 0 Å². The topological polar surface area (TPSA) is 72.2 Å². The molecule has 2 aromatic carbocycles. The summed E-state index contributed by atoms with van der Waals surface area (Å²) in [4.78, 5) is 21.1. The number of nitrogens with one attached hydrogen (secondary N) is 1. The highest BCUT2D eigenvalue weighted by atomic mass is 16.6. The Hall–Kier alpha value is -2.69. The molecule has 5 nitrogen and oxygen atoms in total.